The maximum Gasteiger partial charge on any atom is 0.340 e. The average Bonchev–Trinajstić information content (AvgIpc) is 2.52. The molecular weight excluding hydrogens is 318 g/mol. The van der Waals surface area contributed by atoms with Gasteiger partial charge in [-0.1, -0.05) is 30.3 Å². The van der Waals surface area contributed by atoms with Crippen molar-refractivity contribution in [3.05, 3.63) is 35.9 Å². The highest BCUT2D eigenvalue weighted by Gasteiger charge is 2.42. The number of carbonyl (C=O) groups excluding carboxylic acids is 2. The molecule has 4 nitrogen and oxygen atoms in total. The number of ether oxygens (including phenoxy) is 1. The molecule has 1 N–H and O–H groups in total. The predicted molar refractivity (Wildman–Crippen MR) is 74.3 cm³/mol. The summed E-state index contributed by atoms with van der Waals surface area (Å²) in [6.45, 7) is -1.33. The lowest BCUT2D eigenvalue weighted by Gasteiger charge is -2.14. The number of halogens is 4. The van der Waals surface area contributed by atoms with Crippen molar-refractivity contribution in [2.75, 3.05) is 13.2 Å². The molecule has 0 aliphatic rings. The van der Waals surface area contributed by atoms with E-state index in [1.807, 2.05) is 30.3 Å². The minimum Gasteiger partial charge on any atom is -0.459 e. The highest BCUT2D eigenvalue weighted by atomic mass is 19.3. The smallest absolute Gasteiger partial charge is 0.340 e. The molecule has 0 saturated carbocycles. The summed E-state index contributed by atoms with van der Waals surface area (Å²) in [6.07, 6.45) is -4.00. The lowest BCUT2D eigenvalue weighted by Crippen LogP contribution is -2.33. The number of hydrogen-bond acceptors (Lipinski definition) is 3. The van der Waals surface area contributed by atoms with Crippen molar-refractivity contribution in [2.24, 2.45) is 0 Å². The highest BCUT2D eigenvalue weighted by molar-refractivity contribution is 5.81. The summed E-state index contributed by atoms with van der Waals surface area (Å²) >= 11 is 0. The van der Waals surface area contributed by atoms with Crippen LogP contribution in [0.4, 0.5) is 17.6 Å². The molecule has 128 valence electrons. The Balaban J connectivity index is 2.16. The molecule has 0 aliphatic carbocycles. The average molecular weight is 335 g/mol. The number of amides is 1. The predicted octanol–water partition coefficient (Wildman–Crippen LogP) is 2.57. The summed E-state index contributed by atoms with van der Waals surface area (Å²) in [7, 11) is 0. The highest BCUT2D eigenvalue weighted by Crippen LogP contribution is 2.23. The van der Waals surface area contributed by atoms with E-state index >= 15 is 0 Å². The number of rotatable bonds is 9. The van der Waals surface area contributed by atoms with Crippen LogP contribution in [0.2, 0.25) is 0 Å². The molecule has 0 radical (unpaired) electrons. The first-order chi connectivity index (χ1) is 10.8. The molecular formula is C15H17F4NO3. The monoisotopic (exact) mass is 335 g/mol. The zero-order valence-electron chi connectivity index (χ0n) is 12.2. The first kappa shape index (κ1) is 18.9. The van der Waals surface area contributed by atoms with Gasteiger partial charge < -0.3 is 10.1 Å². The molecule has 0 aromatic heterocycles. The molecule has 8 heteroatoms. The summed E-state index contributed by atoms with van der Waals surface area (Å²) < 4.78 is 52.8. The van der Waals surface area contributed by atoms with Crippen molar-refractivity contribution >= 4 is 11.9 Å². The molecule has 1 amide bonds. The molecule has 1 aromatic carbocycles. The first-order valence-electron chi connectivity index (χ1n) is 6.93. The van der Waals surface area contributed by atoms with Crippen molar-refractivity contribution < 1.29 is 31.9 Å². The van der Waals surface area contributed by atoms with E-state index in [9.17, 15) is 27.2 Å². The Morgan fingerprint density at radius 1 is 1.13 bits per heavy atom. The lowest BCUT2D eigenvalue weighted by molar-refractivity contribution is -0.179. The zero-order valence-corrected chi connectivity index (χ0v) is 12.2. The van der Waals surface area contributed by atoms with Gasteiger partial charge in [-0.2, -0.15) is 8.78 Å². The van der Waals surface area contributed by atoms with Crippen molar-refractivity contribution in [3.63, 3.8) is 0 Å². The van der Waals surface area contributed by atoms with Crippen molar-refractivity contribution in [3.8, 4) is 0 Å². The van der Waals surface area contributed by atoms with Gasteiger partial charge in [0, 0.05) is 13.0 Å². The quantitative estimate of drug-likeness (QED) is 0.557. The molecule has 1 aromatic rings. The number of nitrogens with one attached hydrogen (secondary N) is 1. The molecule has 0 aliphatic heterocycles. The summed E-state index contributed by atoms with van der Waals surface area (Å²) in [5, 5.41) is 2.56. The van der Waals surface area contributed by atoms with E-state index in [2.05, 4.69) is 10.1 Å². The third-order valence-electron chi connectivity index (χ3n) is 2.88. The van der Waals surface area contributed by atoms with E-state index in [-0.39, 0.29) is 6.42 Å². The van der Waals surface area contributed by atoms with Crippen LogP contribution in [0.15, 0.2) is 30.3 Å². The molecule has 0 saturated heterocycles. The molecule has 0 bridgehead atoms. The number of esters is 1. The Hall–Kier alpha value is -2.12. The van der Waals surface area contributed by atoms with Gasteiger partial charge in [-0.15, -0.1) is 0 Å². The van der Waals surface area contributed by atoms with Crippen LogP contribution in [0.5, 0.6) is 0 Å². The first-order valence-corrected chi connectivity index (χ1v) is 6.93. The largest absolute Gasteiger partial charge is 0.459 e. The minimum absolute atomic E-state index is 0.256. The van der Waals surface area contributed by atoms with Crippen molar-refractivity contribution in [1.29, 1.82) is 0 Å². The van der Waals surface area contributed by atoms with Crippen LogP contribution in [-0.2, 0) is 20.7 Å². The summed E-state index contributed by atoms with van der Waals surface area (Å²) in [4.78, 5) is 22.6. The fraction of sp³-hybridized carbons (Fsp3) is 0.467. The van der Waals surface area contributed by atoms with E-state index in [1.165, 1.54) is 0 Å². The second-order valence-electron chi connectivity index (χ2n) is 4.81. The van der Waals surface area contributed by atoms with Crippen LogP contribution in [0.25, 0.3) is 0 Å². The van der Waals surface area contributed by atoms with Gasteiger partial charge in [-0.3, -0.25) is 9.59 Å². The van der Waals surface area contributed by atoms with Gasteiger partial charge in [0.15, 0.2) is 6.61 Å². The molecule has 0 fully saturated rings. The van der Waals surface area contributed by atoms with E-state index in [0.29, 0.717) is 13.0 Å². The van der Waals surface area contributed by atoms with Crippen LogP contribution < -0.4 is 5.32 Å². The summed E-state index contributed by atoms with van der Waals surface area (Å²) in [5.41, 5.74) is 1.03. The fourth-order valence-corrected chi connectivity index (χ4v) is 1.61. The van der Waals surface area contributed by atoms with Gasteiger partial charge in [-0.25, -0.2) is 8.78 Å². The Morgan fingerprint density at radius 2 is 1.78 bits per heavy atom. The van der Waals surface area contributed by atoms with Crippen LogP contribution in [0, 0.1) is 0 Å². The van der Waals surface area contributed by atoms with Gasteiger partial charge in [0.1, 0.15) is 0 Å². The SMILES string of the molecule is O=C(CCC(=O)OCC(F)(F)C(F)F)NCCc1ccccc1. The van der Waals surface area contributed by atoms with Gasteiger partial charge in [-0.05, 0) is 12.0 Å². The van der Waals surface area contributed by atoms with Gasteiger partial charge in [0.05, 0.1) is 6.42 Å². The third-order valence-corrected chi connectivity index (χ3v) is 2.88. The van der Waals surface area contributed by atoms with Crippen LogP contribution >= 0.6 is 0 Å². The normalized spacial score (nSPS) is 11.3. The van der Waals surface area contributed by atoms with Gasteiger partial charge in [0.2, 0.25) is 5.91 Å². The topological polar surface area (TPSA) is 55.4 Å². The number of carbonyl (C=O) groups is 2. The standard InChI is InChI=1S/C15H17F4NO3/c16-14(17)15(18,19)10-23-13(22)7-6-12(21)20-9-8-11-4-2-1-3-5-11/h1-5,14H,6-10H2,(H,20,21). The Bertz CT molecular complexity index is 509. The molecule has 0 unspecified atom stereocenters. The molecule has 23 heavy (non-hydrogen) atoms. The number of benzene rings is 1. The second kappa shape index (κ2) is 9.12. The Morgan fingerprint density at radius 3 is 2.39 bits per heavy atom. The summed E-state index contributed by atoms with van der Waals surface area (Å²) in [6, 6.07) is 9.38. The molecule has 0 spiro atoms. The number of hydrogen-bond donors (Lipinski definition) is 1. The van der Waals surface area contributed by atoms with Crippen LogP contribution in [0.1, 0.15) is 18.4 Å². The molecule has 0 atom stereocenters. The van der Waals surface area contributed by atoms with Gasteiger partial charge in [0.25, 0.3) is 0 Å². The zero-order chi connectivity index (χ0) is 17.3. The third kappa shape index (κ3) is 7.62. The Kier molecular flexibility index (Phi) is 7.50. The lowest BCUT2D eigenvalue weighted by atomic mass is 10.1. The molecule has 1 rings (SSSR count). The Labute approximate surface area is 130 Å². The van der Waals surface area contributed by atoms with E-state index in [1.54, 1.807) is 0 Å². The van der Waals surface area contributed by atoms with Crippen LogP contribution in [0.3, 0.4) is 0 Å². The fourth-order valence-electron chi connectivity index (χ4n) is 1.61. The summed E-state index contributed by atoms with van der Waals surface area (Å²) in [5.74, 6) is -5.95. The van der Waals surface area contributed by atoms with Crippen molar-refractivity contribution in [2.45, 2.75) is 31.6 Å². The maximum absolute atomic E-state index is 12.5. The van der Waals surface area contributed by atoms with E-state index in [0.717, 1.165) is 5.56 Å². The molecule has 0 heterocycles. The van der Waals surface area contributed by atoms with Crippen molar-refractivity contribution in [1.82, 2.24) is 5.32 Å². The van der Waals surface area contributed by atoms with E-state index < -0.39 is 37.3 Å². The second-order valence-corrected chi connectivity index (χ2v) is 4.81. The van der Waals surface area contributed by atoms with Crippen LogP contribution in [-0.4, -0.2) is 37.4 Å². The minimum atomic E-state index is -4.38. The number of alkyl halides is 4. The van der Waals surface area contributed by atoms with E-state index in [4.69, 9.17) is 0 Å². The van der Waals surface area contributed by atoms with Gasteiger partial charge >= 0.3 is 18.3 Å². The maximum atomic E-state index is 12.5.